The summed E-state index contributed by atoms with van der Waals surface area (Å²) in [6, 6.07) is 0.0688. The van der Waals surface area contributed by atoms with E-state index in [0.717, 1.165) is 25.9 Å². The minimum atomic E-state index is -4.13. The zero-order chi connectivity index (χ0) is 16.2. The third-order valence-corrected chi connectivity index (χ3v) is 4.53. The van der Waals surface area contributed by atoms with Crippen LogP contribution in [0, 0.1) is 10.3 Å². The molecule has 1 aromatic rings. The Morgan fingerprint density at radius 2 is 2.05 bits per heavy atom. The highest BCUT2D eigenvalue weighted by Crippen LogP contribution is 2.24. The predicted octanol–water partition coefficient (Wildman–Crippen LogP) is 3.85. The second-order valence-corrected chi connectivity index (χ2v) is 6.30. The number of halogens is 4. The molecule has 4 nitrogen and oxygen atoms in total. The Morgan fingerprint density at radius 3 is 2.64 bits per heavy atom. The summed E-state index contributed by atoms with van der Waals surface area (Å²) in [5.74, 6) is 0.700. The minimum Gasteiger partial charge on any atom is -0.355 e. The summed E-state index contributed by atoms with van der Waals surface area (Å²) in [7, 11) is 0. The third kappa shape index (κ3) is 4.97. The number of rotatable bonds is 4. The normalized spacial score (nSPS) is 16.6. The Balaban J connectivity index is 1.99. The van der Waals surface area contributed by atoms with Gasteiger partial charge in [0, 0.05) is 32.4 Å². The first-order chi connectivity index (χ1) is 10.4. The Morgan fingerprint density at radius 1 is 1.36 bits per heavy atom. The number of piperidine rings is 1. The molecular weight excluding hydrogens is 408 g/mol. The van der Waals surface area contributed by atoms with E-state index in [-0.39, 0.29) is 18.9 Å². The molecule has 1 aliphatic heterocycles. The van der Waals surface area contributed by atoms with Gasteiger partial charge in [0.15, 0.2) is 0 Å². The lowest BCUT2D eigenvalue weighted by Crippen LogP contribution is -2.35. The number of alkyl halides is 3. The quantitative estimate of drug-likeness (QED) is 0.544. The van der Waals surface area contributed by atoms with Crippen molar-refractivity contribution in [1.82, 2.24) is 9.97 Å². The van der Waals surface area contributed by atoms with Crippen molar-refractivity contribution in [3.8, 4) is 0 Å². The molecule has 0 bridgehead atoms. The number of hydrogen-bond acceptors (Lipinski definition) is 3. The first-order valence-electron chi connectivity index (χ1n) is 7.09. The van der Waals surface area contributed by atoms with Crippen LogP contribution in [0.4, 0.5) is 19.0 Å². The molecule has 0 aromatic carbocycles. The van der Waals surface area contributed by atoms with Crippen molar-refractivity contribution in [2.24, 2.45) is 0 Å². The highest BCUT2D eigenvalue weighted by atomic mass is 127. The smallest absolute Gasteiger partial charge is 0.355 e. The van der Waals surface area contributed by atoms with E-state index in [1.54, 1.807) is 6.20 Å². The van der Waals surface area contributed by atoms with Crippen LogP contribution in [0.2, 0.25) is 0 Å². The van der Waals surface area contributed by atoms with Crippen LogP contribution in [0.25, 0.3) is 4.85 Å². The summed E-state index contributed by atoms with van der Waals surface area (Å²) in [4.78, 5) is 14.3. The Kier molecular flexibility index (Phi) is 5.83. The highest BCUT2D eigenvalue weighted by Gasteiger charge is 2.27. The molecule has 0 atom stereocenters. The lowest BCUT2D eigenvalue weighted by molar-refractivity contribution is -0.135. The number of aromatic nitrogens is 2. The van der Waals surface area contributed by atoms with Gasteiger partial charge in [-0.15, -0.1) is 0 Å². The summed E-state index contributed by atoms with van der Waals surface area (Å²) < 4.78 is 37.3. The van der Waals surface area contributed by atoms with E-state index in [2.05, 4.69) is 19.7 Å². The molecule has 1 saturated heterocycles. The van der Waals surface area contributed by atoms with E-state index >= 15 is 0 Å². The van der Waals surface area contributed by atoms with Crippen molar-refractivity contribution in [1.29, 1.82) is 0 Å². The Labute approximate surface area is 141 Å². The maximum absolute atomic E-state index is 12.2. The average Bonchev–Trinajstić information content (AvgIpc) is 2.48. The van der Waals surface area contributed by atoms with Gasteiger partial charge in [-0.25, -0.2) is 16.5 Å². The van der Waals surface area contributed by atoms with Crippen molar-refractivity contribution >= 4 is 28.4 Å². The summed E-state index contributed by atoms with van der Waals surface area (Å²) in [6.45, 7) is 8.52. The highest BCUT2D eigenvalue weighted by molar-refractivity contribution is 14.1. The molecule has 0 N–H and O–H groups in total. The van der Waals surface area contributed by atoms with Gasteiger partial charge in [-0.2, -0.15) is 13.2 Å². The van der Waals surface area contributed by atoms with E-state index in [1.807, 2.05) is 22.6 Å². The summed E-state index contributed by atoms with van der Waals surface area (Å²) in [5, 5.41) is 0. The molecule has 0 amide bonds. The minimum absolute atomic E-state index is 0.0252. The second kappa shape index (κ2) is 7.44. The molecule has 0 saturated carbocycles. The molecule has 1 fully saturated rings. The molecule has 2 rings (SSSR count). The number of aryl methyl sites for hydroxylation is 1. The van der Waals surface area contributed by atoms with Crippen LogP contribution in [-0.2, 0) is 6.42 Å². The first kappa shape index (κ1) is 17.2. The van der Waals surface area contributed by atoms with Gasteiger partial charge in [0.1, 0.15) is 9.52 Å². The van der Waals surface area contributed by atoms with Gasteiger partial charge in [-0.1, -0.05) is 0 Å². The predicted molar refractivity (Wildman–Crippen MR) is 85.6 cm³/mol. The largest absolute Gasteiger partial charge is 0.389 e. The fourth-order valence-electron chi connectivity index (χ4n) is 2.39. The molecule has 2 heterocycles. The Hall–Kier alpha value is -1.11. The summed E-state index contributed by atoms with van der Waals surface area (Å²) in [5.41, 5.74) is 0.620. The van der Waals surface area contributed by atoms with Gasteiger partial charge < -0.3 is 9.74 Å². The fourth-order valence-corrected chi connectivity index (χ4v) is 2.92. The van der Waals surface area contributed by atoms with E-state index in [1.165, 1.54) is 0 Å². The van der Waals surface area contributed by atoms with Crippen molar-refractivity contribution in [3.05, 3.63) is 27.0 Å². The molecule has 0 spiro atoms. The number of hydrogen-bond donors (Lipinski definition) is 0. The van der Waals surface area contributed by atoms with Crippen LogP contribution >= 0.6 is 22.6 Å². The zero-order valence-electron chi connectivity index (χ0n) is 11.9. The van der Waals surface area contributed by atoms with Gasteiger partial charge in [-0.05, 0) is 35.4 Å². The van der Waals surface area contributed by atoms with Crippen molar-refractivity contribution in [2.45, 2.75) is 44.3 Å². The molecule has 0 aliphatic carbocycles. The van der Waals surface area contributed by atoms with Gasteiger partial charge in [0.2, 0.25) is 6.04 Å². The van der Waals surface area contributed by atoms with Crippen LogP contribution in [0.1, 0.15) is 31.4 Å². The van der Waals surface area contributed by atoms with Crippen molar-refractivity contribution in [2.75, 3.05) is 18.0 Å². The van der Waals surface area contributed by atoms with Crippen LogP contribution in [0.5, 0.6) is 0 Å². The molecule has 120 valence electrons. The summed E-state index contributed by atoms with van der Waals surface area (Å²) >= 11 is 2.00. The topological polar surface area (TPSA) is 33.4 Å². The van der Waals surface area contributed by atoms with E-state index in [9.17, 15) is 13.2 Å². The lowest BCUT2D eigenvalue weighted by atomic mass is 10.1. The number of nitrogens with zero attached hydrogens (tertiary/aromatic N) is 4. The monoisotopic (exact) mass is 424 g/mol. The van der Waals surface area contributed by atoms with E-state index in [0.29, 0.717) is 15.2 Å². The zero-order valence-corrected chi connectivity index (χ0v) is 14.1. The molecule has 0 unspecified atom stereocenters. The van der Waals surface area contributed by atoms with Crippen LogP contribution in [0.3, 0.4) is 0 Å². The molecule has 1 aliphatic rings. The van der Waals surface area contributed by atoms with Gasteiger partial charge in [-0.3, -0.25) is 0 Å². The average molecular weight is 424 g/mol. The van der Waals surface area contributed by atoms with Crippen LogP contribution < -0.4 is 4.90 Å². The van der Waals surface area contributed by atoms with Gasteiger partial charge in [0.05, 0.1) is 11.9 Å². The molecular formula is C14H16F3IN4. The second-order valence-electron chi connectivity index (χ2n) is 5.28. The molecule has 8 heteroatoms. The van der Waals surface area contributed by atoms with Crippen LogP contribution in [0.15, 0.2) is 6.20 Å². The summed E-state index contributed by atoms with van der Waals surface area (Å²) in [6.07, 6.45) is -1.38. The molecule has 1 aromatic heterocycles. The Bertz CT molecular complexity index is 548. The van der Waals surface area contributed by atoms with E-state index < -0.39 is 12.6 Å². The van der Waals surface area contributed by atoms with Gasteiger partial charge >= 0.3 is 6.18 Å². The molecule has 22 heavy (non-hydrogen) atoms. The molecule has 0 radical (unpaired) electrons. The maximum Gasteiger partial charge on any atom is 0.389 e. The van der Waals surface area contributed by atoms with E-state index in [4.69, 9.17) is 6.57 Å². The van der Waals surface area contributed by atoms with Crippen LogP contribution in [-0.4, -0.2) is 35.3 Å². The SMILES string of the molecule is [C-]#[N+]C1CCN(c2cnc(I)c(CCCC(F)(F)F)n2)CC1. The standard InChI is InChI=1S/C14H16F3IN4/c1-19-10-4-7-22(8-5-10)12-9-20-13(18)11(21-12)3-2-6-14(15,16)17/h9-10H,2-8H2. The maximum atomic E-state index is 12.2. The van der Waals surface area contributed by atoms with Crippen molar-refractivity contribution < 1.29 is 13.2 Å². The van der Waals surface area contributed by atoms with Gasteiger partial charge in [0.25, 0.3) is 0 Å². The fraction of sp³-hybridized carbons (Fsp3) is 0.643. The van der Waals surface area contributed by atoms with Crippen molar-refractivity contribution in [3.63, 3.8) is 0 Å². The first-order valence-corrected chi connectivity index (χ1v) is 8.16. The lowest BCUT2D eigenvalue weighted by Gasteiger charge is -2.28. The number of anilines is 1. The third-order valence-electron chi connectivity index (χ3n) is 3.63.